The van der Waals surface area contributed by atoms with Gasteiger partial charge in [-0.25, -0.2) is 9.07 Å². The lowest BCUT2D eigenvalue weighted by Gasteiger charge is -2.27. The maximum Gasteiger partial charge on any atom is 0.269 e. The van der Waals surface area contributed by atoms with Gasteiger partial charge in [0, 0.05) is 25.2 Å². The largest absolute Gasteiger partial charge is 0.394 e. The Hall–Kier alpha value is -3.92. The van der Waals surface area contributed by atoms with Gasteiger partial charge >= 0.3 is 0 Å². The van der Waals surface area contributed by atoms with E-state index in [0.29, 0.717) is 48.9 Å². The highest BCUT2D eigenvalue weighted by molar-refractivity contribution is 5.99. The molecule has 0 spiro atoms. The lowest BCUT2D eigenvalue weighted by Crippen LogP contribution is -2.37. The number of ether oxygens (including phenoxy) is 1. The highest BCUT2D eigenvalue weighted by Crippen LogP contribution is 2.28. The Bertz CT molecular complexity index is 1190. The molecule has 0 aliphatic carbocycles. The molecule has 1 aliphatic heterocycles. The number of nitrogens with one attached hydrogen (secondary N) is 1. The van der Waals surface area contributed by atoms with E-state index in [0.717, 1.165) is 5.56 Å². The number of aromatic nitrogens is 2. The Kier molecular flexibility index (Phi) is 6.27. The molecule has 2 aromatic carbocycles. The molecule has 0 atom stereocenters. The number of hydrogen-bond acceptors (Lipinski definition) is 6. The zero-order chi connectivity index (χ0) is 23.5. The third-order valence-electron chi connectivity index (χ3n) is 5.52. The van der Waals surface area contributed by atoms with Crippen LogP contribution in [0.1, 0.15) is 32.0 Å². The van der Waals surface area contributed by atoms with E-state index in [4.69, 9.17) is 16.2 Å². The van der Waals surface area contributed by atoms with Crippen molar-refractivity contribution in [1.82, 2.24) is 15.1 Å². The van der Waals surface area contributed by atoms with Gasteiger partial charge in [-0.15, -0.1) is 5.10 Å². The summed E-state index contributed by atoms with van der Waals surface area (Å²) in [5.74, 6) is -1.01. The van der Waals surface area contributed by atoms with Crippen LogP contribution in [0.25, 0.3) is 5.69 Å². The van der Waals surface area contributed by atoms with E-state index in [1.165, 1.54) is 16.8 Å². The van der Waals surface area contributed by atoms with Gasteiger partial charge < -0.3 is 26.4 Å². The Morgan fingerprint density at radius 2 is 1.85 bits per heavy atom. The summed E-state index contributed by atoms with van der Waals surface area (Å²) < 4.78 is 20.3. The van der Waals surface area contributed by atoms with Gasteiger partial charge in [0.15, 0.2) is 11.5 Å². The summed E-state index contributed by atoms with van der Waals surface area (Å²) in [4.78, 5) is 26.5. The van der Waals surface area contributed by atoms with Crippen LogP contribution in [0.5, 0.6) is 0 Å². The number of hydrogen-bond donors (Lipinski definition) is 3. The summed E-state index contributed by atoms with van der Waals surface area (Å²) >= 11 is 0. The van der Waals surface area contributed by atoms with Crippen molar-refractivity contribution in [3.05, 3.63) is 70.7 Å². The maximum atomic E-state index is 13.5. The average Bonchev–Trinajstić information content (AvgIpc) is 3.17. The molecule has 9 nitrogen and oxygen atoms in total. The van der Waals surface area contributed by atoms with Crippen molar-refractivity contribution >= 4 is 23.3 Å². The van der Waals surface area contributed by atoms with Crippen molar-refractivity contribution < 1.29 is 18.7 Å². The van der Waals surface area contributed by atoms with Crippen LogP contribution in [-0.2, 0) is 11.3 Å². The number of carbonyl (C=O) groups is 2. The zero-order valence-electron chi connectivity index (χ0n) is 18.2. The molecular weight excluding hydrogens is 427 g/mol. The molecule has 0 radical (unpaired) electrons. The van der Waals surface area contributed by atoms with Gasteiger partial charge in [-0.1, -0.05) is 18.2 Å². The molecule has 1 fully saturated rings. The molecule has 172 valence electrons. The fourth-order valence-corrected chi connectivity index (χ4v) is 3.72. The number of halogens is 1. The van der Waals surface area contributed by atoms with Crippen LogP contribution in [0, 0.1) is 12.7 Å². The van der Waals surface area contributed by atoms with Crippen molar-refractivity contribution in [2.45, 2.75) is 13.5 Å². The number of anilines is 2. The number of morpholine rings is 1. The number of amides is 2. The summed E-state index contributed by atoms with van der Waals surface area (Å²) in [6.07, 6.45) is 0. The van der Waals surface area contributed by atoms with Crippen LogP contribution >= 0.6 is 0 Å². The van der Waals surface area contributed by atoms with Crippen LogP contribution in [0.15, 0.2) is 42.5 Å². The van der Waals surface area contributed by atoms with Crippen molar-refractivity contribution in [3.8, 4) is 5.69 Å². The Morgan fingerprint density at radius 1 is 1.15 bits per heavy atom. The fourth-order valence-electron chi connectivity index (χ4n) is 3.72. The molecule has 33 heavy (non-hydrogen) atoms. The highest BCUT2D eigenvalue weighted by atomic mass is 19.1. The number of carbonyl (C=O) groups excluding carboxylic acids is 2. The normalized spacial score (nSPS) is 13.7. The van der Waals surface area contributed by atoms with Crippen LogP contribution in [0.4, 0.5) is 15.9 Å². The number of aryl methyl sites for hydroxylation is 1. The zero-order valence-corrected chi connectivity index (χ0v) is 18.2. The monoisotopic (exact) mass is 452 g/mol. The van der Waals surface area contributed by atoms with Gasteiger partial charge in [0.2, 0.25) is 0 Å². The second-order valence-corrected chi connectivity index (χ2v) is 7.77. The van der Waals surface area contributed by atoms with Crippen LogP contribution in [-0.4, -0.2) is 47.9 Å². The minimum absolute atomic E-state index is 0.110. The van der Waals surface area contributed by atoms with E-state index in [9.17, 15) is 14.0 Å². The minimum Gasteiger partial charge on any atom is -0.394 e. The lowest BCUT2D eigenvalue weighted by atomic mass is 10.1. The molecule has 1 aromatic heterocycles. The second kappa shape index (κ2) is 9.29. The van der Waals surface area contributed by atoms with Gasteiger partial charge in [-0.2, -0.15) is 0 Å². The quantitative estimate of drug-likeness (QED) is 0.523. The molecule has 4 rings (SSSR count). The summed E-state index contributed by atoms with van der Waals surface area (Å²) in [5, 5.41) is 7.33. The predicted molar refractivity (Wildman–Crippen MR) is 122 cm³/mol. The SMILES string of the molecule is Cc1ccc(F)cc1C(=O)NCc1ccc(-n2nc(N3CCOCC3)c(N)c2C(N)=O)cc1. The molecule has 1 saturated heterocycles. The van der Waals surface area contributed by atoms with E-state index in [2.05, 4.69) is 10.4 Å². The number of benzene rings is 2. The molecular formula is C23H25FN6O3. The Morgan fingerprint density at radius 3 is 2.52 bits per heavy atom. The number of rotatable bonds is 6. The van der Waals surface area contributed by atoms with Gasteiger partial charge in [-0.05, 0) is 42.3 Å². The molecule has 1 aliphatic rings. The van der Waals surface area contributed by atoms with Crippen LogP contribution in [0.2, 0.25) is 0 Å². The number of primary amides is 1. The summed E-state index contributed by atoms with van der Waals surface area (Å²) in [6, 6.07) is 11.2. The van der Waals surface area contributed by atoms with E-state index in [1.807, 2.05) is 4.90 Å². The Balaban J connectivity index is 1.52. The van der Waals surface area contributed by atoms with Crippen LogP contribution in [0.3, 0.4) is 0 Å². The topological polar surface area (TPSA) is 128 Å². The van der Waals surface area contributed by atoms with E-state index < -0.39 is 11.7 Å². The summed E-state index contributed by atoms with van der Waals surface area (Å²) in [7, 11) is 0. The first-order valence-electron chi connectivity index (χ1n) is 10.5. The number of nitrogens with zero attached hydrogens (tertiary/aromatic N) is 3. The standard InChI is InChI=1S/C23H25FN6O3/c1-14-2-5-16(24)12-18(14)23(32)27-13-15-3-6-17(7-4-15)30-20(21(26)31)19(25)22(28-30)29-8-10-33-11-9-29/h2-7,12H,8-11,13,25H2,1H3,(H2,26,31)(H,27,32). The minimum atomic E-state index is -0.679. The first-order valence-corrected chi connectivity index (χ1v) is 10.5. The number of nitrogen functional groups attached to an aromatic ring is 1. The molecule has 5 N–H and O–H groups in total. The van der Waals surface area contributed by atoms with Gasteiger partial charge in [0.05, 0.1) is 18.9 Å². The molecule has 0 bridgehead atoms. The first kappa shape index (κ1) is 22.3. The average molecular weight is 452 g/mol. The Labute approximate surface area is 190 Å². The third kappa shape index (κ3) is 4.65. The summed E-state index contributed by atoms with van der Waals surface area (Å²) in [6.45, 7) is 4.33. The first-order chi connectivity index (χ1) is 15.8. The van der Waals surface area contributed by atoms with Gasteiger partial charge in [0.25, 0.3) is 11.8 Å². The van der Waals surface area contributed by atoms with Crippen molar-refractivity contribution in [2.24, 2.45) is 5.73 Å². The fraction of sp³-hybridized carbons (Fsp3) is 0.261. The van der Waals surface area contributed by atoms with Gasteiger partial charge in [0.1, 0.15) is 11.5 Å². The molecule has 3 aromatic rings. The molecule has 0 saturated carbocycles. The predicted octanol–water partition coefficient (Wildman–Crippen LogP) is 1.77. The molecule has 2 heterocycles. The number of nitrogens with two attached hydrogens (primary N) is 2. The molecule has 0 unspecified atom stereocenters. The van der Waals surface area contributed by atoms with Gasteiger partial charge in [-0.3, -0.25) is 9.59 Å². The molecule has 2 amide bonds. The third-order valence-corrected chi connectivity index (χ3v) is 5.52. The smallest absolute Gasteiger partial charge is 0.269 e. The highest BCUT2D eigenvalue weighted by Gasteiger charge is 2.25. The van der Waals surface area contributed by atoms with Crippen molar-refractivity contribution in [2.75, 3.05) is 36.9 Å². The summed E-state index contributed by atoms with van der Waals surface area (Å²) in [5.41, 5.74) is 14.5. The second-order valence-electron chi connectivity index (χ2n) is 7.77. The van der Waals surface area contributed by atoms with Crippen LogP contribution < -0.4 is 21.7 Å². The van der Waals surface area contributed by atoms with E-state index in [-0.39, 0.29) is 23.8 Å². The molecule has 10 heteroatoms. The maximum absolute atomic E-state index is 13.5. The van der Waals surface area contributed by atoms with Crippen molar-refractivity contribution in [1.29, 1.82) is 0 Å². The van der Waals surface area contributed by atoms with E-state index >= 15 is 0 Å². The lowest BCUT2D eigenvalue weighted by molar-refractivity contribution is 0.0948. The van der Waals surface area contributed by atoms with E-state index in [1.54, 1.807) is 37.3 Å². The van der Waals surface area contributed by atoms with Crippen molar-refractivity contribution in [3.63, 3.8) is 0 Å².